The van der Waals surface area contributed by atoms with E-state index in [4.69, 9.17) is 21.1 Å². The number of nitrogens with one attached hydrogen (secondary N) is 1. The van der Waals surface area contributed by atoms with Gasteiger partial charge in [-0.15, -0.1) is 0 Å². The summed E-state index contributed by atoms with van der Waals surface area (Å²) in [5.41, 5.74) is -2.67. The van der Waals surface area contributed by atoms with Crippen LogP contribution in [0.15, 0.2) is 54.6 Å². The Morgan fingerprint density at radius 2 is 1.64 bits per heavy atom. The molecule has 3 aromatic rings. The van der Waals surface area contributed by atoms with Gasteiger partial charge in [0.2, 0.25) is 0 Å². The number of benzene rings is 3. The second-order valence-corrected chi connectivity index (χ2v) is 9.69. The normalized spacial score (nSPS) is 11.1. The SMILES string of the molecule is CCCOC(=O)N(C)SN(C(=O)NC(=O)c1c(F)cccc1F)c1ccc(Oc2ccc(C(F)(F)F)cc2Cl)cc1F. The van der Waals surface area contributed by atoms with Gasteiger partial charge in [0.1, 0.15) is 28.7 Å². The molecule has 0 aromatic heterocycles. The summed E-state index contributed by atoms with van der Waals surface area (Å²) in [5.74, 6) is -5.68. The number of carbonyl (C=O) groups excluding carboxylic acids is 3. The van der Waals surface area contributed by atoms with Crippen LogP contribution in [-0.4, -0.2) is 36.0 Å². The molecule has 8 nitrogen and oxygen atoms in total. The van der Waals surface area contributed by atoms with E-state index in [1.165, 1.54) is 7.05 Å². The molecule has 0 fully saturated rings. The van der Waals surface area contributed by atoms with Crippen LogP contribution in [0, 0.1) is 17.5 Å². The van der Waals surface area contributed by atoms with Gasteiger partial charge in [-0.3, -0.25) is 10.1 Å². The molecule has 224 valence electrons. The first-order valence-corrected chi connectivity index (χ1v) is 12.9. The number of anilines is 1. The van der Waals surface area contributed by atoms with Crippen molar-refractivity contribution in [3.63, 3.8) is 0 Å². The molecule has 0 aliphatic carbocycles. The maximum absolute atomic E-state index is 15.3. The summed E-state index contributed by atoms with van der Waals surface area (Å²) in [6, 6.07) is 6.26. The molecule has 42 heavy (non-hydrogen) atoms. The van der Waals surface area contributed by atoms with Crippen LogP contribution in [-0.2, 0) is 10.9 Å². The van der Waals surface area contributed by atoms with Crippen LogP contribution in [0.1, 0.15) is 29.3 Å². The van der Waals surface area contributed by atoms with E-state index < -0.39 is 63.5 Å². The molecule has 0 heterocycles. The van der Waals surface area contributed by atoms with E-state index in [0.717, 1.165) is 46.8 Å². The van der Waals surface area contributed by atoms with Gasteiger partial charge in [-0.25, -0.2) is 31.4 Å². The summed E-state index contributed by atoms with van der Waals surface area (Å²) in [5, 5.41) is 1.31. The summed E-state index contributed by atoms with van der Waals surface area (Å²) in [6.45, 7) is 1.75. The number of carbonyl (C=O) groups is 3. The van der Waals surface area contributed by atoms with Gasteiger partial charge >= 0.3 is 18.3 Å². The molecule has 3 aromatic carbocycles. The monoisotopic (exact) mass is 635 g/mol. The fraction of sp³-hybridized carbons (Fsp3) is 0.192. The predicted molar refractivity (Wildman–Crippen MR) is 142 cm³/mol. The van der Waals surface area contributed by atoms with Gasteiger partial charge in [-0.2, -0.15) is 13.2 Å². The average Bonchev–Trinajstić information content (AvgIpc) is 2.91. The van der Waals surface area contributed by atoms with E-state index in [-0.39, 0.29) is 30.2 Å². The van der Waals surface area contributed by atoms with Crippen LogP contribution >= 0.6 is 23.7 Å². The van der Waals surface area contributed by atoms with Crippen molar-refractivity contribution >= 4 is 47.5 Å². The fourth-order valence-electron chi connectivity index (χ4n) is 3.15. The van der Waals surface area contributed by atoms with Crippen LogP contribution in [0.25, 0.3) is 0 Å². The lowest BCUT2D eigenvalue weighted by molar-refractivity contribution is -0.137. The molecule has 0 aliphatic heterocycles. The number of ether oxygens (including phenoxy) is 2. The predicted octanol–water partition coefficient (Wildman–Crippen LogP) is 7.97. The quantitative estimate of drug-likeness (QED) is 0.200. The molecule has 0 spiro atoms. The van der Waals surface area contributed by atoms with Gasteiger partial charge in [-0.1, -0.05) is 24.6 Å². The Balaban J connectivity index is 1.90. The minimum atomic E-state index is -4.66. The standard InChI is InChI=1S/C26H20ClF6N3O5S/c1-3-11-40-25(39)35(2)42-36(24(38)34-23(37)22-17(28)5-4-6-18(22)29)20-9-8-15(13-19(20)30)41-21-10-7-14(12-16(21)27)26(31,32)33/h4-10,12-13H,3,11H2,1-2H3,(H,34,37,38). The summed E-state index contributed by atoms with van der Waals surface area (Å²) in [7, 11) is 1.17. The van der Waals surface area contributed by atoms with E-state index in [1.807, 2.05) is 0 Å². The second-order valence-electron chi connectivity index (χ2n) is 8.20. The van der Waals surface area contributed by atoms with Crippen molar-refractivity contribution < 1.29 is 50.2 Å². The van der Waals surface area contributed by atoms with Crippen molar-refractivity contribution in [1.82, 2.24) is 9.62 Å². The second kappa shape index (κ2) is 13.7. The smallest absolute Gasteiger partial charge is 0.420 e. The molecule has 3 rings (SSSR count). The van der Waals surface area contributed by atoms with E-state index in [0.29, 0.717) is 22.9 Å². The zero-order valence-electron chi connectivity index (χ0n) is 21.6. The summed E-state index contributed by atoms with van der Waals surface area (Å²) in [6.07, 6.45) is -5.13. The maximum atomic E-state index is 15.3. The van der Waals surface area contributed by atoms with Gasteiger partial charge < -0.3 is 9.47 Å². The van der Waals surface area contributed by atoms with Crippen LogP contribution in [0.3, 0.4) is 0 Å². The number of rotatable bonds is 8. The number of halogens is 7. The zero-order valence-corrected chi connectivity index (χ0v) is 23.2. The number of imide groups is 1. The molecule has 0 atom stereocenters. The maximum Gasteiger partial charge on any atom is 0.420 e. The minimum Gasteiger partial charge on any atom is -0.456 e. The molecule has 0 unspecified atom stereocenters. The molecule has 0 saturated carbocycles. The number of nitrogens with zero attached hydrogens (tertiary/aromatic N) is 2. The third-order valence-electron chi connectivity index (χ3n) is 5.11. The number of urea groups is 1. The molecule has 0 bridgehead atoms. The Morgan fingerprint density at radius 3 is 2.21 bits per heavy atom. The highest BCUT2D eigenvalue weighted by Crippen LogP contribution is 2.38. The van der Waals surface area contributed by atoms with E-state index in [2.05, 4.69) is 0 Å². The lowest BCUT2D eigenvalue weighted by Crippen LogP contribution is -2.42. The molecule has 4 amide bonds. The Labute approximate surface area is 244 Å². The number of amides is 4. The first kappa shape index (κ1) is 32.4. The Bertz CT molecular complexity index is 1470. The zero-order chi connectivity index (χ0) is 31.2. The van der Waals surface area contributed by atoms with Crippen molar-refractivity contribution in [3.05, 3.63) is 88.2 Å². The Kier molecular flexibility index (Phi) is 10.6. The highest BCUT2D eigenvalue weighted by atomic mass is 35.5. The largest absolute Gasteiger partial charge is 0.456 e. The number of hydrogen-bond donors (Lipinski definition) is 1. The average molecular weight is 636 g/mol. The topological polar surface area (TPSA) is 88.2 Å². The lowest BCUT2D eigenvalue weighted by Gasteiger charge is -2.26. The Hall–Kier alpha value is -4.11. The van der Waals surface area contributed by atoms with Crippen molar-refractivity contribution in [2.24, 2.45) is 0 Å². The molecular weight excluding hydrogens is 616 g/mol. The molecule has 0 radical (unpaired) electrons. The first-order valence-electron chi connectivity index (χ1n) is 11.7. The summed E-state index contributed by atoms with van der Waals surface area (Å²) >= 11 is 6.15. The first-order chi connectivity index (χ1) is 19.7. The highest BCUT2D eigenvalue weighted by Gasteiger charge is 2.32. The molecular formula is C26H20ClF6N3O5S. The van der Waals surface area contributed by atoms with Crippen molar-refractivity contribution in [2.75, 3.05) is 18.0 Å². The fourth-order valence-corrected chi connectivity index (χ4v) is 4.09. The molecule has 1 N–H and O–H groups in total. The van der Waals surface area contributed by atoms with Gasteiger partial charge in [0.25, 0.3) is 5.91 Å². The van der Waals surface area contributed by atoms with Gasteiger partial charge in [-0.05, 0) is 48.9 Å². The number of alkyl halides is 3. The van der Waals surface area contributed by atoms with E-state index in [9.17, 15) is 36.3 Å². The summed E-state index contributed by atoms with van der Waals surface area (Å²) < 4.78 is 93.7. The van der Waals surface area contributed by atoms with Crippen LogP contribution < -0.4 is 14.4 Å². The van der Waals surface area contributed by atoms with Gasteiger partial charge in [0.05, 0.1) is 35.0 Å². The lowest BCUT2D eigenvalue weighted by atomic mass is 10.2. The van der Waals surface area contributed by atoms with E-state index in [1.54, 1.807) is 12.2 Å². The van der Waals surface area contributed by atoms with Crippen LogP contribution in [0.2, 0.25) is 5.02 Å². The number of hydrogen-bond acceptors (Lipinski definition) is 6. The molecule has 0 aliphatic rings. The van der Waals surface area contributed by atoms with Crippen molar-refractivity contribution in [3.8, 4) is 11.5 Å². The van der Waals surface area contributed by atoms with Gasteiger partial charge in [0.15, 0.2) is 5.82 Å². The Morgan fingerprint density at radius 1 is 0.976 bits per heavy atom. The van der Waals surface area contributed by atoms with E-state index >= 15 is 4.39 Å². The minimum absolute atomic E-state index is 0.0217. The molecule has 16 heteroatoms. The van der Waals surface area contributed by atoms with Gasteiger partial charge in [0, 0.05) is 13.1 Å². The van der Waals surface area contributed by atoms with Crippen LogP contribution in [0.4, 0.5) is 41.6 Å². The van der Waals surface area contributed by atoms with Crippen molar-refractivity contribution in [2.45, 2.75) is 19.5 Å². The highest BCUT2D eigenvalue weighted by molar-refractivity contribution is 7.99. The van der Waals surface area contributed by atoms with Crippen molar-refractivity contribution in [1.29, 1.82) is 0 Å². The third-order valence-corrected chi connectivity index (χ3v) is 6.33. The molecule has 0 saturated heterocycles. The van der Waals surface area contributed by atoms with Crippen LogP contribution in [0.5, 0.6) is 11.5 Å². The third kappa shape index (κ3) is 8.00. The summed E-state index contributed by atoms with van der Waals surface area (Å²) in [4.78, 5) is 37.8.